The number of halogens is 3. The molecule has 0 fully saturated rings. The van der Waals surface area contributed by atoms with Gasteiger partial charge in [0, 0.05) is 4.88 Å². The molecule has 0 aromatic carbocycles. The molecule has 1 N–H and O–H groups in total. The highest BCUT2D eigenvalue weighted by Crippen LogP contribution is 2.42. The molecule has 22 heavy (non-hydrogen) atoms. The van der Waals surface area contributed by atoms with E-state index in [2.05, 4.69) is 25.8 Å². The minimum Gasteiger partial charge on any atom is -0.302 e. The number of alkyl halides is 3. The highest BCUT2D eigenvalue weighted by molar-refractivity contribution is 7.18. The SMILES string of the molecule is CC(C)(C)[C@H]1CCc2c(sc3nc(C(F)(F)F)[nH]c(=O)c23)C1. The number of aryl methyl sites for hydroxylation is 1. The van der Waals surface area contributed by atoms with Gasteiger partial charge in [0.1, 0.15) is 4.83 Å². The van der Waals surface area contributed by atoms with Gasteiger partial charge in [-0.15, -0.1) is 11.3 Å². The summed E-state index contributed by atoms with van der Waals surface area (Å²) in [6.45, 7) is 6.51. The molecule has 0 aliphatic heterocycles. The van der Waals surface area contributed by atoms with Gasteiger partial charge in [-0.05, 0) is 36.2 Å². The number of H-pyrrole nitrogens is 1. The fraction of sp³-hybridized carbons (Fsp3) is 0.600. The zero-order valence-corrected chi connectivity index (χ0v) is 13.4. The first kappa shape index (κ1) is 15.5. The first-order valence-electron chi connectivity index (χ1n) is 7.19. The maximum absolute atomic E-state index is 12.8. The van der Waals surface area contributed by atoms with Crippen molar-refractivity contribution in [3.05, 3.63) is 26.6 Å². The summed E-state index contributed by atoms with van der Waals surface area (Å²) in [5.41, 5.74) is 0.359. The molecule has 3 nitrogen and oxygen atoms in total. The number of rotatable bonds is 0. The zero-order chi connectivity index (χ0) is 16.3. The standard InChI is InChI=1S/C15H17F3N2OS/c1-14(2,3)7-4-5-8-9(6-7)22-12-10(8)11(21)19-13(20-12)15(16,17)18/h7H,4-6H2,1-3H3,(H,19,20,21)/t7-/m0/s1. The molecule has 1 atom stereocenters. The number of aromatic nitrogens is 2. The van der Waals surface area contributed by atoms with Gasteiger partial charge in [-0.1, -0.05) is 20.8 Å². The predicted molar refractivity (Wildman–Crippen MR) is 80.2 cm³/mol. The van der Waals surface area contributed by atoms with Crippen LogP contribution >= 0.6 is 11.3 Å². The Morgan fingerprint density at radius 3 is 2.55 bits per heavy atom. The second kappa shape index (κ2) is 4.81. The molecule has 7 heteroatoms. The van der Waals surface area contributed by atoms with Crippen molar-refractivity contribution < 1.29 is 13.2 Å². The Hall–Kier alpha value is -1.37. The van der Waals surface area contributed by atoms with Gasteiger partial charge in [0.25, 0.3) is 5.56 Å². The Labute approximate surface area is 129 Å². The quantitative estimate of drug-likeness (QED) is 0.788. The van der Waals surface area contributed by atoms with Crippen LogP contribution in [0.1, 0.15) is 43.5 Å². The molecule has 2 aromatic rings. The lowest BCUT2D eigenvalue weighted by Crippen LogP contribution is -2.26. The lowest BCUT2D eigenvalue weighted by Gasteiger charge is -2.33. The fourth-order valence-electron chi connectivity index (χ4n) is 3.06. The Morgan fingerprint density at radius 1 is 1.27 bits per heavy atom. The Morgan fingerprint density at radius 2 is 1.95 bits per heavy atom. The molecular weight excluding hydrogens is 313 g/mol. The number of fused-ring (bicyclic) bond motifs is 3. The van der Waals surface area contributed by atoms with Crippen LogP contribution in [0, 0.1) is 11.3 Å². The van der Waals surface area contributed by atoms with Gasteiger partial charge in [0.2, 0.25) is 5.82 Å². The van der Waals surface area contributed by atoms with Gasteiger partial charge < -0.3 is 4.98 Å². The Kier molecular flexibility index (Phi) is 3.39. The van der Waals surface area contributed by atoms with Crippen LogP contribution in [0.15, 0.2) is 4.79 Å². The van der Waals surface area contributed by atoms with E-state index >= 15 is 0 Å². The minimum absolute atomic E-state index is 0.144. The third-order valence-electron chi connectivity index (χ3n) is 4.41. The van der Waals surface area contributed by atoms with Gasteiger partial charge in [-0.2, -0.15) is 13.2 Å². The van der Waals surface area contributed by atoms with Crippen LogP contribution in [0.5, 0.6) is 0 Å². The van der Waals surface area contributed by atoms with Crippen molar-refractivity contribution in [2.45, 2.75) is 46.2 Å². The summed E-state index contributed by atoms with van der Waals surface area (Å²) in [4.78, 5) is 18.8. The molecule has 0 amide bonds. The molecule has 1 aliphatic rings. The van der Waals surface area contributed by atoms with E-state index in [0.29, 0.717) is 11.3 Å². The van der Waals surface area contributed by atoms with E-state index in [1.165, 1.54) is 11.3 Å². The molecule has 0 spiro atoms. The summed E-state index contributed by atoms with van der Waals surface area (Å²) >= 11 is 1.23. The molecule has 3 rings (SSSR count). The smallest absolute Gasteiger partial charge is 0.302 e. The summed E-state index contributed by atoms with van der Waals surface area (Å²) in [6.07, 6.45) is -2.15. The number of hydrogen-bond acceptors (Lipinski definition) is 3. The summed E-state index contributed by atoms with van der Waals surface area (Å²) in [7, 11) is 0. The van der Waals surface area contributed by atoms with Crippen LogP contribution in [0.4, 0.5) is 13.2 Å². The average Bonchev–Trinajstić information content (AvgIpc) is 2.74. The number of nitrogens with zero attached hydrogens (tertiary/aromatic N) is 1. The summed E-state index contributed by atoms with van der Waals surface area (Å²) < 4.78 is 38.3. The van der Waals surface area contributed by atoms with Crippen molar-refractivity contribution in [3.8, 4) is 0 Å². The molecule has 0 saturated carbocycles. The second-order valence-corrected chi connectivity index (χ2v) is 7.99. The third-order valence-corrected chi connectivity index (χ3v) is 5.56. The van der Waals surface area contributed by atoms with Gasteiger partial charge in [-0.3, -0.25) is 4.79 Å². The molecular formula is C15H17F3N2OS. The molecule has 120 valence electrons. The molecule has 0 bridgehead atoms. The number of aromatic amines is 1. The number of nitrogens with one attached hydrogen (secondary N) is 1. The Balaban J connectivity index is 2.13. The third kappa shape index (κ3) is 2.55. The zero-order valence-electron chi connectivity index (χ0n) is 12.6. The lowest BCUT2D eigenvalue weighted by molar-refractivity contribution is -0.144. The van der Waals surface area contributed by atoms with E-state index < -0.39 is 17.6 Å². The van der Waals surface area contributed by atoms with Gasteiger partial charge >= 0.3 is 6.18 Å². The fourth-order valence-corrected chi connectivity index (χ4v) is 4.36. The molecule has 2 heterocycles. The second-order valence-electron chi connectivity index (χ2n) is 6.90. The van der Waals surface area contributed by atoms with E-state index in [0.717, 1.165) is 29.7 Å². The molecule has 0 unspecified atom stereocenters. The largest absolute Gasteiger partial charge is 0.449 e. The van der Waals surface area contributed by atoms with Crippen molar-refractivity contribution in [2.24, 2.45) is 11.3 Å². The highest BCUT2D eigenvalue weighted by Gasteiger charge is 2.36. The summed E-state index contributed by atoms with van der Waals surface area (Å²) in [6, 6.07) is 0. The Bertz CT molecular complexity index is 783. The lowest BCUT2D eigenvalue weighted by atomic mass is 9.72. The van der Waals surface area contributed by atoms with Gasteiger partial charge in [-0.25, -0.2) is 4.98 Å². The molecule has 2 aromatic heterocycles. The monoisotopic (exact) mass is 330 g/mol. The van der Waals surface area contributed by atoms with Crippen molar-refractivity contribution in [2.75, 3.05) is 0 Å². The highest BCUT2D eigenvalue weighted by atomic mass is 32.1. The van der Waals surface area contributed by atoms with Crippen molar-refractivity contribution in [3.63, 3.8) is 0 Å². The normalized spacial score (nSPS) is 19.5. The van der Waals surface area contributed by atoms with E-state index in [1.807, 2.05) is 4.98 Å². The number of hydrogen-bond donors (Lipinski definition) is 1. The van der Waals surface area contributed by atoms with Gasteiger partial charge in [0.05, 0.1) is 5.39 Å². The minimum atomic E-state index is -4.63. The molecule has 0 radical (unpaired) electrons. The van der Waals surface area contributed by atoms with Crippen molar-refractivity contribution in [1.82, 2.24) is 9.97 Å². The maximum atomic E-state index is 12.8. The van der Waals surface area contributed by atoms with Crippen LogP contribution < -0.4 is 5.56 Å². The molecule has 1 aliphatic carbocycles. The van der Waals surface area contributed by atoms with Crippen LogP contribution in [0.25, 0.3) is 10.2 Å². The van der Waals surface area contributed by atoms with Crippen LogP contribution in [-0.2, 0) is 19.0 Å². The number of thiophene rings is 1. The average molecular weight is 330 g/mol. The molecule has 0 saturated heterocycles. The summed E-state index contributed by atoms with van der Waals surface area (Å²) in [5, 5.41) is 0.348. The van der Waals surface area contributed by atoms with Crippen molar-refractivity contribution >= 4 is 21.6 Å². The predicted octanol–water partition coefficient (Wildman–Crippen LogP) is 4.15. The van der Waals surface area contributed by atoms with Crippen LogP contribution in [-0.4, -0.2) is 9.97 Å². The summed E-state index contributed by atoms with van der Waals surface area (Å²) in [5.74, 6) is -0.745. The van der Waals surface area contributed by atoms with Crippen molar-refractivity contribution in [1.29, 1.82) is 0 Å². The van der Waals surface area contributed by atoms with Crippen LogP contribution in [0.2, 0.25) is 0 Å². The van der Waals surface area contributed by atoms with E-state index in [-0.39, 0.29) is 10.2 Å². The maximum Gasteiger partial charge on any atom is 0.449 e. The first-order valence-corrected chi connectivity index (χ1v) is 8.01. The van der Waals surface area contributed by atoms with Crippen LogP contribution in [0.3, 0.4) is 0 Å². The first-order chi connectivity index (χ1) is 10.1. The van der Waals surface area contributed by atoms with E-state index in [4.69, 9.17) is 0 Å². The topological polar surface area (TPSA) is 45.8 Å². The van der Waals surface area contributed by atoms with E-state index in [9.17, 15) is 18.0 Å². The van der Waals surface area contributed by atoms with E-state index in [1.54, 1.807) is 0 Å². The van der Waals surface area contributed by atoms with Gasteiger partial charge in [0.15, 0.2) is 0 Å².